The maximum absolute atomic E-state index is 12.9. The van der Waals surface area contributed by atoms with Crippen LogP contribution in [0.2, 0.25) is 15.1 Å². The second-order valence-electron chi connectivity index (χ2n) is 5.43. The minimum atomic E-state index is -4.62. The molecule has 1 aromatic heterocycles. The van der Waals surface area contributed by atoms with E-state index in [2.05, 4.69) is 5.10 Å². The van der Waals surface area contributed by atoms with E-state index in [1.807, 2.05) is 6.07 Å². The molecule has 0 amide bonds. The molecule has 10 heteroatoms. The van der Waals surface area contributed by atoms with Crippen LogP contribution in [0, 0.1) is 11.3 Å². The molecular formula is C17H8Cl3F3N4. The molecule has 0 radical (unpaired) electrons. The van der Waals surface area contributed by atoms with Gasteiger partial charge in [-0.15, -0.1) is 0 Å². The van der Waals surface area contributed by atoms with Crippen LogP contribution in [0.5, 0.6) is 0 Å². The molecule has 0 saturated heterocycles. The van der Waals surface area contributed by atoms with E-state index in [1.54, 1.807) is 24.3 Å². The van der Waals surface area contributed by atoms with Gasteiger partial charge in [0.1, 0.15) is 17.6 Å². The number of alkyl halides is 3. The third kappa shape index (κ3) is 3.56. The zero-order valence-electron chi connectivity index (χ0n) is 13.2. The summed E-state index contributed by atoms with van der Waals surface area (Å²) in [5, 5.41) is 13.2. The smallest absolute Gasteiger partial charge is 0.383 e. The van der Waals surface area contributed by atoms with Gasteiger partial charge in [-0.05, 0) is 29.8 Å². The highest BCUT2D eigenvalue weighted by atomic mass is 35.5. The Balaban J connectivity index is 2.25. The normalized spacial score (nSPS) is 11.4. The Morgan fingerprint density at radius 2 is 1.70 bits per heavy atom. The Hall–Kier alpha value is -2.40. The summed E-state index contributed by atoms with van der Waals surface area (Å²) in [5.41, 5.74) is 5.78. The van der Waals surface area contributed by atoms with Crippen molar-refractivity contribution in [2.24, 2.45) is 0 Å². The molecule has 0 atom stereocenters. The fourth-order valence-electron chi connectivity index (χ4n) is 2.54. The van der Waals surface area contributed by atoms with Crippen LogP contribution in [-0.2, 0) is 6.18 Å². The van der Waals surface area contributed by atoms with E-state index in [4.69, 9.17) is 40.5 Å². The van der Waals surface area contributed by atoms with Crippen molar-refractivity contribution in [3.05, 3.63) is 62.7 Å². The lowest BCUT2D eigenvalue weighted by Gasteiger charge is -2.13. The van der Waals surface area contributed by atoms with Gasteiger partial charge < -0.3 is 5.73 Å². The van der Waals surface area contributed by atoms with Gasteiger partial charge in [-0.2, -0.15) is 23.5 Å². The van der Waals surface area contributed by atoms with Gasteiger partial charge in [0.15, 0.2) is 5.69 Å². The second-order valence-corrected chi connectivity index (χ2v) is 6.68. The Kier molecular flexibility index (Phi) is 5.00. The Morgan fingerprint density at radius 3 is 2.22 bits per heavy atom. The molecular weight excluding hydrogens is 424 g/mol. The van der Waals surface area contributed by atoms with E-state index in [0.717, 1.165) is 16.8 Å². The summed E-state index contributed by atoms with van der Waals surface area (Å²) in [6, 6.07) is 9.88. The van der Waals surface area contributed by atoms with E-state index in [1.165, 1.54) is 0 Å². The van der Waals surface area contributed by atoms with Crippen molar-refractivity contribution in [2.45, 2.75) is 6.18 Å². The SMILES string of the molecule is N#Cc1nn(-c2c(Cl)cc(C(F)(F)F)cc2Cl)c(N)c1-c1cccc(Cl)c1. The number of nitriles is 1. The molecule has 3 aromatic rings. The zero-order valence-corrected chi connectivity index (χ0v) is 15.4. The fraction of sp³-hybridized carbons (Fsp3) is 0.0588. The first-order valence-electron chi connectivity index (χ1n) is 7.24. The lowest BCUT2D eigenvalue weighted by Crippen LogP contribution is -2.08. The number of nitrogens with two attached hydrogens (primary N) is 1. The summed E-state index contributed by atoms with van der Waals surface area (Å²) >= 11 is 18.0. The number of hydrogen-bond acceptors (Lipinski definition) is 3. The molecule has 3 rings (SSSR count). The number of nitrogen functional groups attached to an aromatic ring is 1. The van der Waals surface area contributed by atoms with Crippen molar-refractivity contribution in [1.82, 2.24) is 9.78 Å². The Labute approximate surface area is 166 Å². The molecule has 0 aliphatic rings. The molecule has 0 aliphatic heterocycles. The van der Waals surface area contributed by atoms with Crippen LogP contribution >= 0.6 is 34.8 Å². The van der Waals surface area contributed by atoms with E-state index in [-0.39, 0.29) is 32.8 Å². The third-order valence-electron chi connectivity index (χ3n) is 3.70. The number of nitrogens with zero attached hydrogens (tertiary/aromatic N) is 3. The first-order chi connectivity index (χ1) is 12.6. The van der Waals surface area contributed by atoms with Gasteiger partial charge in [-0.3, -0.25) is 0 Å². The number of hydrogen-bond donors (Lipinski definition) is 1. The number of aromatic nitrogens is 2. The number of halogens is 6. The fourth-order valence-corrected chi connectivity index (χ4v) is 3.38. The first-order valence-corrected chi connectivity index (χ1v) is 8.38. The Bertz CT molecular complexity index is 1060. The largest absolute Gasteiger partial charge is 0.416 e. The van der Waals surface area contributed by atoms with Crippen molar-refractivity contribution in [2.75, 3.05) is 5.73 Å². The van der Waals surface area contributed by atoms with Gasteiger partial charge in [0, 0.05) is 5.02 Å². The Morgan fingerprint density at radius 1 is 1.07 bits per heavy atom. The molecule has 0 aliphatic carbocycles. The van der Waals surface area contributed by atoms with Crippen molar-refractivity contribution < 1.29 is 13.2 Å². The van der Waals surface area contributed by atoms with Crippen LogP contribution in [0.4, 0.5) is 19.0 Å². The standard InChI is InChI=1S/C17H8Cl3F3N4/c18-10-3-1-2-8(4-10)14-13(7-24)26-27(16(14)25)15-11(19)5-9(6-12(15)20)17(21,22)23/h1-6H,25H2. The van der Waals surface area contributed by atoms with Crippen LogP contribution in [0.15, 0.2) is 36.4 Å². The molecule has 4 nitrogen and oxygen atoms in total. The minimum absolute atomic E-state index is 0.0163. The molecule has 0 fully saturated rings. The number of anilines is 1. The highest BCUT2D eigenvalue weighted by Gasteiger charge is 2.33. The summed E-state index contributed by atoms with van der Waals surface area (Å²) < 4.78 is 39.8. The summed E-state index contributed by atoms with van der Waals surface area (Å²) in [6.07, 6.45) is -4.62. The van der Waals surface area contributed by atoms with Crippen molar-refractivity contribution >= 4 is 40.6 Å². The lowest BCUT2D eigenvalue weighted by molar-refractivity contribution is -0.137. The molecule has 2 N–H and O–H groups in total. The maximum Gasteiger partial charge on any atom is 0.416 e. The second kappa shape index (κ2) is 6.97. The van der Waals surface area contributed by atoms with E-state index < -0.39 is 11.7 Å². The molecule has 138 valence electrons. The predicted molar refractivity (Wildman–Crippen MR) is 98.2 cm³/mol. The average Bonchev–Trinajstić information content (AvgIpc) is 2.90. The summed E-state index contributed by atoms with van der Waals surface area (Å²) in [4.78, 5) is 0. The molecule has 0 unspecified atom stereocenters. The predicted octanol–water partition coefficient (Wildman–Crippen LogP) is 5.97. The van der Waals surface area contributed by atoms with Gasteiger partial charge in [0.25, 0.3) is 0 Å². The highest BCUT2D eigenvalue weighted by Crippen LogP contribution is 2.40. The monoisotopic (exact) mass is 430 g/mol. The van der Waals surface area contributed by atoms with Crippen LogP contribution in [0.3, 0.4) is 0 Å². The van der Waals surface area contributed by atoms with Gasteiger partial charge >= 0.3 is 6.18 Å². The summed E-state index contributed by atoms with van der Waals surface area (Å²) in [5.74, 6) is -0.0163. The van der Waals surface area contributed by atoms with Crippen LogP contribution < -0.4 is 5.73 Å². The van der Waals surface area contributed by atoms with Gasteiger partial charge in [-0.25, -0.2) is 4.68 Å². The van der Waals surface area contributed by atoms with E-state index in [9.17, 15) is 18.4 Å². The average molecular weight is 432 g/mol. The van der Waals surface area contributed by atoms with Gasteiger partial charge in [0.2, 0.25) is 0 Å². The molecule has 1 heterocycles. The summed E-state index contributed by atoms with van der Waals surface area (Å²) in [6.45, 7) is 0. The van der Waals surface area contributed by atoms with Crippen molar-refractivity contribution in [1.29, 1.82) is 5.26 Å². The quantitative estimate of drug-likeness (QED) is 0.543. The maximum atomic E-state index is 12.9. The third-order valence-corrected chi connectivity index (χ3v) is 4.51. The van der Waals surface area contributed by atoms with Crippen molar-refractivity contribution in [3.8, 4) is 22.9 Å². The molecule has 2 aromatic carbocycles. The summed E-state index contributed by atoms with van der Waals surface area (Å²) in [7, 11) is 0. The number of rotatable bonds is 2. The topological polar surface area (TPSA) is 67.6 Å². The van der Waals surface area contributed by atoms with E-state index in [0.29, 0.717) is 10.6 Å². The van der Waals surface area contributed by atoms with Gasteiger partial charge in [-0.1, -0.05) is 46.9 Å². The number of benzene rings is 2. The highest BCUT2D eigenvalue weighted by molar-refractivity contribution is 6.38. The molecule has 0 saturated carbocycles. The molecule has 0 spiro atoms. The van der Waals surface area contributed by atoms with Crippen LogP contribution in [-0.4, -0.2) is 9.78 Å². The minimum Gasteiger partial charge on any atom is -0.383 e. The first kappa shape index (κ1) is 19.4. The molecule has 0 bridgehead atoms. The van der Waals surface area contributed by atoms with Gasteiger partial charge in [0.05, 0.1) is 21.2 Å². The van der Waals surface area contributed by atoms with Crippen LogP contribution in [0.1, 0.15) is 11.3 Å². The van der Waals surface area contributed by atoms with E-state index >= 15 is 0 Å². The van der Waals surface area contributed by atoms with Crippen LogP contribution in [0.25, 0.3) is 16.8 Å². The van der Waals surface area contributed by atoms with Crippen molar-refractivity contribution in [3.63, 3.8) is 0 Å². The zero-order chi connectivity index (χ0) is 19.9. The lowest BCUT2D eigenvalue weighted by atomic mass is 10.1. The molecule has 27 heavy (non-hydrogen) atoms.